The zero-order valence-corrected chi connectivity index (χ0v) is 18.7. The van der Waals surface area contributed by atoms with E-state index < -0.39 is 0 Å². The maximum absolute atomic E-state index is 6.27. The molecule has 0 saturated carbocycles. The number of piperazine rings is 1. The number of rotatable bonds is 8. The molecular formula is C20H31Br2N3O. The molecule has 2 aliphatic heterocycles. The molecule has 2 atom stereocenters. The first-order chi connectivity index (χ1) is 12.7. The Labute approximate surface area is 174 Å². The standard InChI is InChI=1S/C20H31Br2N3O/c21-8-7-18(22)19(23)4-1-9-24-10-12-25(13-11-24)17-5-6-20-16(15-17)3-2-14-26-20/h5-6,15,18-19H,1-4,7-14,23H2. The summed E-state index contributed by atoms with van der Waals surface area (Å²) in [6, 6.07) is 6.97. The van der Waals surface area contributed by atoms with E-state index in [-0.39, 0.29) is 6.04 Å². The molecule has 0 spiro atoms. The minimum Gasteiger partial charge on any atom is -0.493 e. The summed E-state index contributed by atoms with van der Waals surface area (Å²) < 4.78 is 5.74. The van der Waals surface area contributed by atoms with Crippen LogP contribution in [0.5, 0.6) is 5.75 Å². The Balaban J connectivity index is 1.40. The summed E-state index contributed by atoms with van der Waals surface area (Å²) in [5.41, 5.74) is 9.00. The van der Waals surface area contributed by atoms with Crippen molar-refractivity contribution in [2.45, 2.75) is 43.0 Å². The van der Waals surface area contributed by atoms with Gasteiger partial charge in [0.05, 0.1) is 6.61 Å². The van der Waals surface area contributed by atoms with Crippen LogP contribution in [0.3, 0.4) is 0 Å². The zero-order chi connectivity index (χ0) is 18.4. The average molecular weight is 489 g/mol. The van der Waals surface area contributed by atoms with E-state index in [4.69, 9.17) is 10.5 Å². The molecule has 0 amide bonds. The lowest BCUT2D eigenvalue weighted by molar-refractivity contribution is 0.250. The highest BCUT2D eigenvalue weighted by molar-refractivity contribution is 9.10. The fourth-order valence-electron chi connectivity index (χ4n) is 3.82. The Hall–Kier alpha value is -0.300. The van der Waals surface area contributed by atoms with Crippen LogP contribution in [0.4, 0.5) is 5.69 Å². The van der Waals surface area contributed by atoms with Crippen molar-refractivity contribution in [2.24, 2.45) is 5.73 Å². The Morgan fingerprint density at radius 2 is 1.96 bits per heavy atom. The van der Waals surface area contributed by atoms with E-state index in [0.717, 1.165) is 76.1 Å². The molecule has 26 heavy (non-hydrogen) atoms. The Morgan fingerprint density at radius 1 is 1.15 bits per heavy atom. The minimum absolute atomic E-state index is 0.256. The Morgan fingerprint density at radius 3 is 2.73 bits per heavy atom. The molecule has 3 rings (SSSR count). The summed E-state index contributed by atoms with van der Waals surface area (Å²) in [4.78, 5) is 5.52. The van der Waals surface area contributed by atoms with Crippen molar-refractivity contribution in [3.05, 3.63) is 23.8 Å². The topological polar surface area (TPSA) is 41.7 Å². The molecule has 146 valence electrons. The average Bonchev–Trinajstić information content (AvgIpc) is 2.68. The molecule has 2 aliphatic rings. The van der Waals surface area contributed by atoms with Crippen LogP contribution in [0.1, 0.15) is 31.2 Å². The molecule has 1 aromatic rings. The van der Waals surface area contributed by atoms with Gasteiger partial charge in [-0.2, -0.15) is 0 Å². The lowest BCUT2D eigenvalue weighted by atomic mass is 10.0. The van der Waals surface area contributed by atoms with Crippen LogP contribution in [0.2, 0.25) is 0 Å². The number of fused-ring (bicyclic) bond motifs is 1. The van der Waals surface area contributed by atoms with Crippen molar-refractivity contribution in [1.29, 1.82) is 0 Å². The van der Waals surface area contributed by atoms with E-state index in [1.807, 2.05) is 0 Å². The van der Waals surface area contributed by atoms with Gasteiger partial charge in [0.15, 0.2) is 0 Å². The van der Waals surface area contributed by atoms with Gasteiger partial charge in [-0.25, -0.2) is 0 Å². The first-order valence-corrected chi connectivity index (χ1v) is 11.9. The number of hydrogen-bond acceptors (Lipinski definition) is 4. The number of benzene rings is 1. The van der Waals surface area contributed by atoms with Gasteiger partial charge in [0.25, 0.3) is 0 Å². The van der Waals surface area contributed by atoms with Gasteiger partial charge in [-0.15, -0.1) is 0 Å². The summed E-state index contributed by atoms with van der Waals surface area (Å²) in [6.45, 7) is 6.52. The SMILES string of the molecule is NC(CCCN1CCN(c2ccc3c(c2)CCCO3)CC1)C(Br)CCBr. The van der Waals surface area contributed by atoms with Crippen LogP contribution in [-0.2, 0) is 6.42 Å². The molecule has 2 unspecified atom stereocenters. The summed E-state index contributed by atoms with van der Waals surface area (Å²) in [7, 11) is 0. The molecule has 4 nitrogen and oxygen atoms in total. The minimum atomic E-state index is 0.256. The van der Waals surface area contributed by atoms with Gasteiger partial charge in [-0.1, -0.05) is 31.9 Å². The third-order valence-corrected chi connectivity index (χ3v) is 7.09. The van der Waals surface area contributed by atoms with E-state index in [2.05, 4.69) is 59.9 Å². The van der Waals surface area contributed by atoms with Crippen molar-refractivity contribution >= 4 is 37.5 Å². The van der Waals surface area contributed by atoms with Crippen molar-refractivity contribution < 1.29 is 4.74 Å². The lowest BCUT2D eigenvalue weighted by Crippen LogP contribution is -2.47. The molecule has 0 radical (unpaired) electrons. The van der Waals surface area contributed by atoms with E-state index in [9.17, 15) is 0 Å². The van der Waals surface area contributed by atoms with Gasteiger partial charge in [0, 0.05) is 48.1 Å². The number of alkyl halides is 2. The van der Waals surface area contributed by atoms with Gasteiger partial charge >= 0.3 is 0 Å². The first-order valence-electron chi connectivity index (χ1n) is 9.86. The van der Waals surface area contributed by atoms with Crippen LogP contribution in [0.25, 0.3) is 0 Å². The highest BCUT2D eigenvalue weighted by Crippen LogP contribution is 2.29. The third-order valence-electron chi connectivity index (χ3n) is 5.49. The maximum Gasteiger partial charge on any atom is 0.122 e. The van der Waals surface area contributed by atoms with Crippen LogP contribution in [0.15, 0.2) is 18.2 Å². The second-order valence-electron chi connectivity index (χ2n) is 7.37. The second-order valence-corrected chi connectivity index (χ2v) is 9.34. The summed E-state index contributed by atoms with van der Waals surface area (Å²) in [6.07, 6.45) is 5.64. The quantitative estimate of drug-likeness (QED) is 0.565. The molecule has 2 heterocycles. The van der Waals surface area contributed by atoms with Crippen molar-refractivity contribution in [3.63, 3.8) is 0 Å². The monoisotopic (exact) mass is 487 g/mol. The fourth-order valence-corrected chi connectivity index (χ4v) is 5.42. The zero-order valence-electron chi connectivity index (χ0n) is 15.5. The highest BCUT2D eigenvalue weighted by atomic mass is 79.9. The molecule has 0 aromatic heterocycles. The van der Waals surface area contributed by atoms with Gasteiger partial charge < -0.3 is 15.4 Å². The van der Waals surface area contributed by atoms with Crippen molar-refractivity contribution in [3.8, 4) is 5.75 Å². The van der Waals surface area contributed by atoms with E-state index in [0.29, 0.717) is 4.83 Å². The van der Waals surface area contributed by atoms with Gasteiger partial charge in [0.1, 0.15) is 5.75 Å². The Kier molecular flexibility index (Phi) is 8.10. The van der Waals surface area contributed by atoms with Gasteiger partial charge in [-0.05, 0) is 62.4 Å². The number of nitrogens with zero attached hydrogens (tertiary/aromatic N) is 2. The summed E-state index contributed by atoms with van der Waals surface area (Å²) >= 11 is 7.19. The molecule has 1 saturated heterocycles. The number of nitrogens with two attached hydrogens (primary N) is 1. The molecule has 0 aliphatic carbocycles. The predicted molar refractivity (Wildman–Crippen MR) is 117 cm³/mol. The first kappa shape index (κ1) is 20.4. The van der Waals surface area contributed by atoms with Crippen molar-refractivity contribution in [1.82, 2.24) is 4.90 Å². The normalized spacial score (nSPS) is 20.3. The second kappa shape index (κ2) is 10.3. The van der Waals surface area contributed by atoms with E-state index in [1.54, 1.807) is 0 Å². The van der Waals surface area contributed by atoms with E-state index in [1.165, 1.54) is 17.7 Å². The fraction of sp³-hybridized carbons (Fsp3) is 0.700. The highest BCUT2D eigenvalue weighted by Gasteiger charge is 2.20. The summed E-state index contributed by atoms with van der Waals surface area (Å²) in [5, 5.41) is 1.01. The molecule has 0 bridgehead atoms. The van der Waals surface area contributed by atoms with Gasteiger partial charge in [-0.3, -0.25) is 4.90 Å². The van der Waals surface area contributed by atoms with E-state index >= 15 is 0 Å². The van der Waals surface area contributed by atoms with Gasteiger partial charge in [0.2, 0.25) is 0 Å². The molecule has 6 heteroatoms. The van der Waals surface area contributed by atoms with Crippen LogP contribution in [-0.4, -0.2) is 60.4 Å². The molecule has 1 fully saturated rings. The largest absolute Gasteiger partial charge is 0.493 e. The number of anilines is 1. The summed E-state index contributed by atoms with van der Waals surface area (Å²) in [5.74, 6) is 1.08. The number of ether oxygens (including phenoxy) is 1. The van der Waals surface area contributed by atoms with Crippen LogP contribution >= 0.6 is 31.9 Å². The maximum atomic E-state index is 6.27. The smallest absolute Gasteiger partial charge is 0.122 e. The number of aryl methyl sites for hydroxylation is 1. The molecule has 2 N–H and O–H groups in total. The van der Waals surface area contributed by atoms with Crippen molar-refractivity contribution in [2.75, 3.05) is 49.6 Å². The van der Waals surface area contributed by atoms with Crippen LogP contribution in [0, 0.1) is 0 Å². The van der Waals surface area contributed by atoms with Crippen LogP contribution < -0.4 is 15.4 Å². The Bertz CT molecular complexity index is 564. The number of hydrogen-bond donors (Lipinski definition) is 1. The molecular weight excluding hydrogens is 458 g/mol. The molecule has 1 aromatic carbocycles. The third kappa shape index (κ3) is 5.60. The lowest BCUT2D eigenvalue weighted by Gasteiger charge is -2.36. The predicted octanol–water partition coefficient (Wildman–Crippen LogP) is 3.79. The number of halogens is 2.